The summed E-state index contributed by atoms with van der Waals surface area (Å²) < 4.78 is 0. The van der Waals surface area contributed by atoms with Gasteiger partial charge < -0.3 is 42.0 Å². The van der Waals surface area contributed by atoms with Crippen molar-refractivity contribution in [2.45, 2.75) is 43.4 Å². The molecular formula is C32H35N5O7S. The zero-order valence-corrected chi connectivity index (χ0v) is 25.0. The molecule has 9 N–H and O–H groups in total. The maximum atomic E-state index is 13.5. The summed E-state index contributed by atoms with van der Waals surface area (Å²) in [5.41, 5.74) is 8.96. The van der Waals surface area contributed by atoms with Gasteiger partial charge in [-0.2, -0.15) is 12.6 Å². The van der Waals surface area contributed by atoms with Crippen molar-refractivity contribution in [3.63, 3.8) is 0 Å². The number of amides is 3. The molecule has 0 aliphatic carbocycles. The molecule has 12 nitrogen and oxygen atoms in total. The van der Waals surface area contributed by atoms with E-state index in [-0.39, 0.29) is 36.5 Å². The number of hydrogen-bond acceptors (Lipinski definition) is 8. The Kier molecular flexibility index (Phi) is 11.1. The Labute approximate surface area is 264 Å². The first-order chi connectivity index (χ1) is 21.5. The van der Waals surface area contributed by atoms with Gasteiger partial charge in [-0.1, -0.05) is 42.5 Å². The molecule has 4 rings (SSSR count). The number of aliphatic carboxylic acids is 1. The lowest BCUT2D eigenvalue weighted by Crippen LogP contribution is -2.58. The largest absolute Gasteiger partial charge is 0.508 e. The molecular weight excluding hydrogens is 598 g/mol. The number of carbonyl (C=O) groups excluding carboxylic acids is 3. The van der Waals surface area contributed by atoms with Gasteiger partial charge in [-0.05, 0) is 53.4 Å². The fourth-order valence-corrected chi connectivity index (χ4v) is 5.05. The van der Waals surface area contributed by atoms with E-state index in [0.29, 0.717) is 16.7 Å². The van der Waals surface area contributed by atoms with Crippen molar-refractivity contribution in [1.29, 1.82) is 0 Å². The van der Waals surface area contributed by atoms with Crippen LogP contribution in [-0.4, -0.2) is 73.9 Å². The van der Waals surface area contributed by atoms with E-state index in [0.717, 1.165) is 10.9 Å². The normalized spacial score (nSPS) is 13.7. The van der Waals surface area contributed by atoms with Crippen LogP contribution in [0.25, 0.3) is 10.9 Å². The second kappa shape index (κ2) is 15.1. The molecule has 1 aromatic heterocycles. The van der Waals surface area contributed by atoms with E-state index in [1.165, 1.54) is 24.3 Å². The highest BCUT2D eigenvalue weighted by molar-refractivity contribution is 7.80. The molecule has 0 spiro atoms. The number of thiol groups is 1. The highest BCUT2D eigenvalue weighted by Crippen LogP contribution is 2.19. The fourth-order valence-electron chi connectivity index (χ4n) is 4.79. The van der Waals surface area contributed by atoms with E-state index in [1.807, 2.05) is 24.3 Å². The Morgan fingerprint density at radius 2 is 1.24 bits per heavy atom. The number of carboxylic acids is 1. The number of aromatic nitrogens is 1. The smallest absolute Gasteiger partial charge is 0.326 e. The molecule has 1 heterocycles. The maximum absolute atomic E-state index is 13.5. The minimum absolute atomic E-state index is 0.00298. The third-order valence-corrected chi connectivity index (χ3v) is 7.63. The highest BCUT2D eigenvalue weighted by atomic mass is 32.1. The molecule has 236 valence electrons. The van der Waals surface area contributed by atoms with Gasteiger partial charge in [0.1, 0.15) is 29.6 Å². The molecule has 4 atom stereocenters. The molecule has 4 unspecified atom stereocenters. The molecule has 0 saturated heterocycles. The van der Waals surface area contributed by atoms with Crippen molar-refractivity contribution in [1.82, 2.24) is 20.9 Å². The summed E-state index contributed by atoms with van der Waals surface area (Å²) in [6, 6.07) is 14.9. The van der Waals surface area contributed by atoms with Gasteiger partial charge in [0, 0.05) is 35.7 Å². The SMILES string of the molecule is NC(Cc1ccc(O)cc1)C(=O)NC(Cc1ccc(O)cc1)C(=O)NC(CS)C(=O)NC(Cc1c[nH]c2ccccc12)C(=O)O. The van der Waals surface area contributed by atoms with E-state index in [9.17, 15) is 34.5 Å². The number of carbonyl (C=O) groups is 4. The number of aromatic amines is 1. The summed E-state index contributed by atoms with van der Waals surface area (Å²) >= 11 is 4.20. The Morgan fingerprint density at radius 3 is 1.84 bits per heavy atom. The molecule has 3 aromatic carbocycles. The number of nitrogens with two attached hydrogens (primary N) is 1. The second-order valence-corrected chi connectivity index (χ2v) is 11.0. The zero-order valence-electron chi connectivity index (χ0n) is 24.1. The van der Waals surface area contributed by atoms with Crippen LogP contribution in [0.4, 0.5) is 0 Å². The van der Waals surface area contributed by atoms with Gasteiger partial charge in [-0.15, -0.1) is 0 Å². The van der Waals surface area contributed by atoms with Crippen LogP contribution < -0.4 is 21.7 Å². The van der Waals surface area contributed by atoms with E-state index >= 15 is 0 Å². The first kappa shape index (κ1) is 32.9. The van der Waals surface area contributed by atoms with Gasteiger partial charge in [0.25, 0.3) is 0 Å². The third-order valence-electron chi connectivity index (χ3n) is 7.27. The zero-order chi connectivity index (χ0) is 32.5. The molecule has 13 heteroatoms. The monoisotopic (exact) mass is 633 g/mol. The first-order valence-electron chi connectivity index (χ1n) is 14.1. The number of hydrogen-bond donors (Lipinski definition) is 9. The molecule has 45 heavy (non-hydrogen) atoms. The van der Waals surface area contributed by atoms with Crippen LogP contribution >= 0.6 is 12.6 Å². The van der Waals surface area contributed by atoms with Crippen LogP contribution in [0, 0.1) is 0 Å². The van der Waals surface area contributed by atoms with Gasteiger partial charge in [-0.3, -0.25) is 14.4 Å². The predicted octanol–water partition coefficient (Wildman–Crippen LogP) is 1.40. The van der Waals surface area contributed by atoms with Gasteiger partial charge in [-0.25, -0.2) is 4.79 Å². The summed E-state index contributed by atoms with van der Waals surface area (Å²) in [6.45, 7) is 0. The van der Waals surface area contributed by atoms with Crippen LogP contribution in [0.5, 0.6) is 11.5 Å². The quantitative estimate of drug-likeness (QED) is 0.0926. The van der Waals surface area contributed by atoms with E-state index < -0.39 is 47.9 Å². The number of para-hydroxylation sites is 1. The number of nitrogens with one attached hydrogen (secondary N) is 4. The van der Waals surface area contributed by atoms with Crippen molar-refractivity contribution < 1.29 is 34.5 Å². The van der Waals surface area contributed by atoms with Crippen molar-refractivity contribution >= 4 is 47.2 Å². The fraction of sp³-hybridized carbons (Fsp3) is 0.250. The molecule has 0 bridgehead atoms. The molecule has 0 aliphatic rings. The van der Waals surface area contributed by atoms with Crippen molar-refractivity contribution in [3.05, 3.63) is 95.7 Å². The third kappa shape index (κ3) is 9.00. The standard InChI is InChI=1S/C32H35N5O7S/c33-24(13-18-5-9-21(38)10-6-18)29(40)35-26(14-19-7-11-22(39)12-8-19)30(41)37-28(17-45)31(42)36-27(32(43)44)15-20-16-34-25-4-2-1-3-23(20)25/h1-12,16,24,26-28,34,38-39,45H,13-15,17,33H2,(H,35,40)(H,36,42)(H,37,41)(H,43,44). The number of carboxylic acid groups (broad SMARTS) is 1. The van der Waals surface area contributed by atoms with Crippen LogP contribution in [0.3, 0.4) is 0 Å². The number of phenolic OH excluding ortho intramolecular Hbond substituents is 2. The number of rotatable bonds is 14. The Morgan fingerprint density at radius 1 is 0.711 bits per heavy atom. The molecule has 0 fully saturated rings. The van der Waals surface area contributed by atoms with E-state index in [4.69, 9.17) is 5.73 Å². The average molecular weight is 634 g/mol. The predicted molar refractivity (Wildman–Crippen MR) is 171 cm³/mol. The molecule has 3 amide bonds. The average Bonchev–Trinajstić information content (AvgIpc) is 3.43. The van der Waals surface area contributed by atoms with Crippen LogP contribution in [-0.2, 0) is 38.4 Å². The Balaban J connectivity index is 1.45. The maximum Gasteiger partial charge on any atom is 0.326 e. The van der Waals surface area contributed by atoms with Crippen molar-refractivity contribution in [3.8, 4) is 11.5 Å². The molecule has 4 aromatic rings. The van der Waals surface area contributed by atoms with Crippen molar-refractivity contribution in [2.75, 3.05) is 5.75 Å². The van der Waals surface area contributed by atoms with Gasteiger partial charge in [0.05, 0.1) is 6.04 Å². The Hall–Kier alpha value is -5.01. The lowest BCUT2D eigenvalue weighted by molar-refractivity contribution is -0.142. The first-order valence-corrected chi connectivity index (χ1v) is 14.8. The lowest BCUT2D eigenvalue weighted by Gasteiger charge is -2.24. The lowest BCUT2D eigenvalue weighted by atomic mass is 10.0. The second-order valence-electron chi connectivity index (χ2n) is 10.6. The summed E-state index contributed by atoms with van der Waals surface area (Å²) in [6.07, 6.45) is 1.82. The highest BCUT2D eigenvalue weighted by Gasteiger charge is 2.30. The van der Waals surface area contributed by atoms with Gasteiger partial charge in [0.2, 0.25) is 17.7 Å². The molecule has 0 saturated carbocycles. The topological polar surface area (TPSA) is 207 Å². The Bertz CT molecular complexity index is 1640. The number of aromatic hydroxyl groups is 2. The number of H-pyrrole nitrogens is 1. The minimum Gasteiger partial charge on any atom is -0.508 e. The van der Waals surface area contributed by atoms with Crippen LogP contribution in [0.15, 0.2) is 79.0 Å². The number of benzene rings is 3. The summed E-state index contributed by atoms with van der Waals surface area (Å²) in [5.74, 6) is -3.42. The van der Waals surface area contributed by atoms with Crippen LogP contribution in [0.1, 0.15) is 16.7 Å². The van der Waals surface area contributed by atoms with Crippen molar-refractivity contribution in [2.24, 2.45) is 5.73 Å². The number of fused-ring (bicyclic) bond motifs is 1. The van der Waals surface area contributed by atoms with Gasteiger partial charge in [0.15, 0.2) is 0 Å². The van der Waals surface area contributed by atoms with E-state index in [1.54, 1.807) is 30.5 Å². The molecule has 0 aliphatic heterocycles. The van der Waals surface area contributed by atoms with Crippen LogP contribution in [0.2, 0.25) is 0 Å². The minimum atomic E-state index is -1.29. The summed E-state index contributed by atoms with van der Waals surface area (Å²) in [4.78, 5) is 54.9. The molecule has 0 radical (unpaired) electrons. The summed E-state index contributed by atoms with van der Waals surface area (Å²) in [7, 11) is 0. The van der Waals surface area contributed by atoms with E-state index in [2.05, 4.69) is 33.6 Å². The van der Waals surface area contributed by atoms with Gasteiger partial charge >= 0.3 is 5.97 Å². The summed E-state index contributed by atoms with van der Waals surface area (Å²) in [5, 5.41) is 37.5. The number of phenols is 2.